The van der Waals surface area contributed by atoms with Crippen LogP contribution in [0.1, 0.15) is 10.6 Å². The lowest BCUT2D eigenvalue weighted by molar-refractivity contribution is 0.477. The molecule has 3 N–H and O–H groups in total. The standard InChI is InChI=1S/C24H14ClFN6OS/c25-19-9-15(5-7-21(19)33-17-3-1-2-14(26)8-17)32-24-23-20(30-13-31-24)10-18(34-23)6-4-16-11-29-22(27)12-28-16/h1-3,5,7-13H,(H2,27,29)(H,30,31,32). The summed E-state index contributed by atoms with van der Waals surface area (Å²) in [6, 6.07) is 12.9. The number of nitrogen functional groups attached to an aromatic ring is 1. The number of anilines is 3. The van der Waals surface area contributed by atoms with Gasteiger partial charge in [0, 0.05) is 11.8 Å². The molecule has 0 aliphatic carbocycles. The quantitative estimate of drug-likeness (QED) is 0.309. The largest absolute Gasteiger partial charge is 0.456 e. The van der Waals surface area contributed by atoms with E-state index < -0.39 is 0 Å². The summed E-state index contributed by atoms with van der Waals surface area (Å²) < 4.78 is 19.9. The maximum atomic E-state index is 13.4. The van der Waals surface area contributed by atoms with Crippen LogP contribution in [0.15, 0.2) is 67.3 Å². The molecule has 34 heavy (non-hydrogen) atoms. The lowest BCUT2D eigenvalue weighted by Gasteiger charge is -2.11. The number of rotatable bonds is 4. The van der Waals surface area contributed by atoms with Gasteiger partial charge in [0.2, 0.25) is 0 Å². The number of halogens is 2. The van der Waals surface area contributed by atoms with Gasteiger partial charge in [-0.15, -0.1) is 11.3 Å². The number of nitrogens with two attached hydrogens (primary N) is 1. The third kappa shape index (κ3) is 4.88. The smallest absolute Gasteiger partial charge is 0.151 e. The van der Waals surface area contributed by atoms with Gasteiger partial charge in [-0.1, -0.05) is 17.7 Å². The van der Waals surface area contributed by atoms with Crippen molar-refractivity contribution in [3.8, 4) is 23.3 Å². The van der Waals surface area contributed by atoms with Gasteiger partial charge >= 0.3 is 0 Å². The minimum Gasteiger partial charge on any atom is -0.456 e. The van der Waals surface area contributed by atoms with E-state index in [9.17, 15) is 4.39 Å². The van der Waals surface area contributed by atoms with Gasteiger partial charge in [0.1, 0.15) is 35.2 Å². The predicted molar refractivity (Wildman–Crippen MR) is 131 cm³/mol. The van der Waals surface area contributed by atoms with Crippen molar-refractivity contribution in [1.29, 1.82) is 0 Å². The number of ether oxygens (including phenoxy) is 1. The number of nitrogens with zero attached hydrogens (tertiary/aromatic N) is 4. The Morgan fingerprint density at radius 1 is 1.00 bits per heavy atom. The van der Waals surface area contributed by atoms with E-state index in [1.807, 2.05) is 6.07 Å². The molecule has 0 unspecified atom stereocenters. The van der Waals surface area contributed by atoms with Gasteiger partial charge in [-0.05, 0) is 48.2 Å². The van der Waals surface area contributed by atoms with Gasteiger partial charge in [-0.3, -0.25) is 0 Å². The monoisotopic (exact) mass is 488 g/mol. The third-order valence-electron chi connectivity index (χ3n) is 4.52. The molecule has 166 valence electrons. The van der Waals surface area contributed by atoms with Crippen molar-refractivity contribution in [3.63, 3.8) is 0 Å². The van der Waals surface area contributed by atoms with Crippen LogP contribution in [-0.4, -0.2) is 19.9 Å². The van der Waals surface area contributed by atoms with E-state index in [0.717, 1.165) is 15.1 Å². The summed E-state index contributed by atoms with van der Waals surface area (Å²) in [5.74, 6) is 7.37. The van der Waals surface area contributed by atoms with E-state index in [2.05, 4.69) is 37.1 Å². The number of hydrogen-bond acceptors (Lipinski definition) is 8. The molecule has 0 fully saturated rings. The number of thiophene rings is 1. The van der Waals surface area contributed by atoms with Crippen LogP contribution in [0, 0.1) is 17.7 Å². The summed E-state index contributed by atoms with van der Waals surface area (Å²) in [6.07, 6.45) is 4.46. The summed E-state index contributed by atoms with van der Waals surface area (Å²) in [5, 5.41) is 3.62. The lowest BCUT2D eigenvalue weighted by Crippen LogP contribution is -1.95. The van der Waals surface area contributed by atoms with E-state index in [4.69, 9.17) is 22.1 Å². The minimum absolute atomic E-state index is 0.340. The first kappa shape index (κ1) is 21.6. The molecule has 0 amide bonds. The Balaban J connectivity index is 1.37. The molecule has 10 heteroatoms. The van der Waals surface area contributed by atoms with Gasteiger partial charge in [-0.25, -0.2) is 24.3 Å². The van der Waals surface area contributed by atoms with Gasteiger partial charge in [0.15, 0.2) is 5.82 Å². The maximum Gasteiger partial charge on any atom is 0.151 e. The van der Waals surface area contributed by atoms with Crippen molar-refractivity contribution >= 4 is 50.5 Å². The predicted octanol–water partition coefficient (Wildman–Crippen LogP) is 5.79. The van der Waals surface area contributed by atoms with Gasteiger partial charge in [0.05, 0.1) is 32.5 Å². The molecule has 0 radical (unpaired) electrons. The molecule has 0 atom stereocenters. The number of nitrogens with one attached hydrogen (secondary N) is 1. The second-order valence-electron chi connectivity index (χ2n) is 6.95. The van der Waals surface area contributed by atoms with Crippen LogP contribution in [0.3, 0.4) is 0 Å². The molecule has 0 bridgehead atoms. The SMILES string of the molecule is Nc1cnc(C#Cc2cc3ncnc(Nc4ccc(Oc5cccc(F)c5)c(Cl)c4)c3s2)cn1. The van der Waals surface area contributed by atoms with Crippen molar-refractivity contribution < 1.29 is 9.13 Å². The van der Waals surface area contributed by atoms with E-state index >= 15 is 0 Å². The first-order chi connectivity index (χ1) is 16.5. The highest BCUT2D eigenvalue weighted by molar-refractivity contribution is 7.20. The Labute approximate surface area is 202 Å². The highest BCUT2D eigenvalue weighted by Crippen LogP contribution is 2.35. The molecule has 0 spiro atoms. The molecule has 3 heterocycles. The zero-order valence-corrected chi connectivity index (χ0v) is 18.9. The molecular formula is C24H14ClFN6OS. The highest BCUT2D eigenvalue weighted by atomic mass is 35.5. The summed E-state index contributed by atoms with van der Waals surface area (Å²) >= 11 is 7.84. The summed E-state index contributed by atoms with van der Waals surface area (Å²) in [7, 11) is 0. The first-order valence-corrected chi connectivity index (χ1v) is 11.1. The molecule has 0 aliphatic rings. The Hall–Kier alpha value is -4.26. The summed E-state index contributed by atoms with van der Waals surface area (Å²) in [6.45, 7) is 0. The second-order valence-corrected chi connectivity index (χ2v) is 8.41. The van der Waals surface area contributed by atoms with Crippen molar-refractivity contribution in [2.45, 2.75) is 0 Å². The summed E-state index contributed by atoms with van der Waals surface area (Å²) in [4.78, 5) is 17.6. The Morgan fingerprint density at radius 3 is 2.71 bits per heavy atom. The minimum atomic E-state index is -0.388. The fourth-order valence-corrected chi connectivity index (χ4v) is 4.12. The van der Waals surface area contributed by atoms with E-state index in [-0.39, 0.29) is 5.82 Å². The highest BCUT2D eigenvalue weighted by Gasteiger charge is 2.11. The number of hydrogen-bond donors (Lipinski definition) is 2. The normalized spacial score (nSPS) is 10.5. The van der Waals surface area contributed by atoms with Gasteiger partial charge in [-0.2, -0.15) is 0 Å². The average molecular weight is 489 g/mol. The molecule has 2 aromatic carbocycles. The number of fused-ring (bicyclic) bond motifs is 1. The molecular weight excluding hydrogens is 475 g/mol. The lowest BCUT2D eigenvalue weighted by atomic mass is 10.3. The van der Waals surface area contributed by atoms with Crippen molar-refractivity contribution in [1.82, 2.24) is 19.9 Å². The molecule has 7 nitrogen and oxygen atoms in total. The first-order valence-electron chi connectivity index (χ1n) is 9.87. The fraction of sp³-hybridized carbons (Fsp3) is 0. The Morgan fingerprint density at radius 2 is 1.91 bits per heavy atom. The zero-order chi connectivity index (χ0) is 23.5. The fourth-order valence-electron chi connectivity index (χ4n) is 2.99. The molecule has 0 aliphatic heterocycles. The summed E-state index contributed by atoms with van der Waals surface area (Å²) in [5.41, 5.74) is 7.53. The van der Waals surface area contributed by atoms with Crippen LogP contribution < -0.4 is 15.8 Å². The number of benzene rings is 2. The number of aromatic nitrogens is 4. The van der Waals surface area contributed by atoms with E-state index in [0.29, 0.717) is 39.5 Å². The van der Waals surface area contributed by atoms with Crippen LogP contribution in [0.25, 0.3) is 10.2 Å². The zero-order valence-electron chi connectivity index (χ0n) is 17.3. The van der Waals surface area contributed by atoms with Crippen LogP contribution in [-0.2, 0) is 0 Å². The molecule has 5 aromatic rings. The average Bonchev–Trinajstić information content (AvgIpc) is 3.25. The molecule has 0 saturated heterocycles. The van der Waals surface area contributed by atoms with E-state index in [1.54, 1.807) is 30.3 Å². The van der Waals surface area contributed by atoms with Crippen molar-refractivity contribution in [2.75, 3.05) is 11.1 Å². The van der Waals surface area contributed by atoms with Crippen molar-refractivity contribution in [3.05, 3.63) is 88.7 Å². The second kappa shape index (κ2) is 9.31. The topological polar surface area (TPSA) is 98.8 Å². The Kier molecular flexibility index (Phi) is 5.91. The van der Waals surface area contributed by atoms with Crippen LogP contribution in [0.4, 0.5) is 21.7 Å². The van der Waals surface area contributed by atoms with E-state index in [1.165, 1.54) is 42.2 Å². The molecule has 3 aromatic heterocycles. The maximum absolute atomic E-state index is 13.4. The van der Waals surface area contributed by atoms with Crippen molar-refractivity contribution in [2.24, 2.45) is 0 Å². The van der Waals surface area contributed by atoms with Crippen LogP contribution in [0.5, 0.6) is 11.5 Å². The molecule has 0 saturated carbocycles. The Bertz CT molecular complexity index is 1560. The van der Waals surface area contributed by atoms with Gasteiger partial charge in [0.25, 0.3) is 0 Å². The third-order valence-corrected chi connectivity index (χ3v) is 5.86. The van der Waals surface area contributed by atoms with Crippen LogP contribution >= 0.6 is 22.9 Å². The van der Waals surface area contributed by atoms with Crippen LogP contribution in [0.2, 0.25) is 5.02 Å². The van der Waals surface area contributed by atoms with Gasteiger partial charge < -0.3 is 15.8 Å². The molecule has 5 rings (SSSR count).